The molecule has 0 bridgehead atoms. The fraction of sp³-hybridized carbons (Fsp3) is 0.200. The lowest BCUT2D eigenvalue weighted by Gasteiger charge is -2.20. The van der Waals surface area contributed by atoms with Crippen LogP contribution in [0.5, 0.6) is 0 Å². The second-order valence-electron chi connectivity index (χ2n) is 4.21. The smallest absolute Gasteiger partial charge is 0.254 e. The summed E-state index contributed by atoms with van der Waals surface area (Å²) in [6.07, 6.45) is 0. The van der Waals surface area contributed by atoms with Crippen molar-refractivity contribution in [3.05, 3.63) is 56.7 Å². The van der Waals surface area contributed by atoms with Gasteiger partial charge in [-0.15, -0.1) is 11.3 Å². The molecule has 2 aromatic rings. The van der Waals surface area contributed by atoms with E-state index in [1.54, 1.807) is 29.2 Å². The maximum absolute atomic E-state index is 12.4. The molecular formula is C15H13ClN2OS. The van der Waals surface area contributed by atoms with Crippen LogP contribution < -0.4 is 0 Å². The van der Waals surface area contributed by atoms with Crippen molar-refractivity contribution in [1.82, 2.24) is 4.90 Å². The summed E-state index contributed by atoms with van der Waals surface area (Å²) in [6.45, 7) is 3.11. The number of hydrogen-bond donors (Lipinski definition) is 0. The lowest BCUT2D eigenvalue weighted by atomic mass is 10.1. The van der Waals surface area contributed by atoms with Crippen LogP contribution in [0, 0.1) is 11.3 Å². The van der Waals surface area contributed by atoms with E-state index in [4.69, 9.17) is 16.9 Å². The highest BCUT2D eigenvalue weighted by atomic mass is 35.5. The number of nitriles is 1. The van der Waals surface area contributed by atoms with Gasteiger partial charge in [0.25, 0.3) is 5.91 Å². The van der Waals surface area contributed by atoms with Crippen molar-refractivity contribution in [3.8, 4) is 6.07 Å². The Morgan fingerprint density at radius 1 is 1.30 bits per heavy atom. The molecule has 0 fully saturated rings. The molecule has 20 heavy (non-hydrogen) atoms. The quantitative estimate of drug-likeness (QED) is 0.859. The van der Waals surface area contributed by atoms with Gasteiger partial charge in [0.15, 0.2) is 0 Å². The van der Waals surface area contributed by atoms with Gasteiger partial charge in [0.2, 0.25) is 0 Å². The number of nitrogens with zero attached hydrogens (tertiary/aromatic N) is 2. The predicted octanol–water partition coefficient (Wildman–Crippen LogP) is 3.94. The summed E-state index contributed by atoms with van der Waals surface area (Å²) < 4.78 is 0.724. The zero-order valence-electron chi connectivity index (χ0n) is 11.0. The highest BCUT2D eigenvalue weighted by Gasteiger charge is 2.15. The van der Waals surface area contributed by atoms with Crippen molar-refractivity contribution >= 4 is 28.8 Å². The van der Waals surface area contributed by atoms with Crippen molar-refractivity contribution in [2.24, 2.45) is 0 Å². The molecule has 0 saturated carbocycles. The van der Waals surface area contributed by atoms with Crippen LogP contribution in [0.15, 0.2) is 36.4 Å². The highest BCUT2D eigenvalue weighted by molar-refractivity contribution is 7.16. The molecule has 0 aliphatic carbocycles. The van der Waals surface area contributed by atoms with E-state index < -0.39 is 0 Å². The molecule has 102 valence electrons. The zero-order chi connectivity index (χ0) is 14.5. The average molecular weight is 305 g/mol. The molecule has 5 heteroatoms. The summed E-state index contributed by atoms with van der Waals surface area (Å²) in [5.74, 6) is -0.0403. The van der Waals surface area contributed by atoms with Gasteiger partial charge in [-0.2, -0.15) is 5.26 Å². The minimum atomic E-state index is -0.0403. The molecule has 1 aromatic heterocycles. The third-order valence-electron chi connectivity index (χ3n) is 2.91. The Balaban J connectivity index is 2.14. The van der Waals surface area contributed by atoms with Gasteiger partial charge >= 0.3 is 0 Å². The number of benzene rings is 1. The van der Waals surface area contributed by atoms with E-state index in [2.05, 4.69) is 0 Å². The minimum absolute atomic E-state index is 0.0403. The highest BCUT2D eigenvalue weighted by Crippen LogP contribution is 2.23. The van der Waals surface area contributed by atoms with E-state index in [0.29, 0.717) is 24.2 Å². The Hall–Kier alpha value is -1.83. The van der Waals surface area contributed by atoms with Crippen molar-refractivity contribution in [3.63, 3.8) is 0 Å². The van der Waals surface area contributed by atoms with Gasteiger partial charge in [0.1, 0.15) is 0 Å². The zero-order valence-corrected chi connectivity index (χ0v) is 12.5. The summed E-state index contributed by atoms with van der Waals surface area (Å²) in [7, 11) is 0. The molecule has 0 saturated heterocycles. The van der Waals surface area contributed by atoms with Crippen molar-refractivity contribution < 1.29 is 4.79 Å². The van der Waals surface area contributed by atoms with Crippen LogP contribution in [0.25, 0.3) is 0 Å². The number of carbonyl (C=O) groups excluding carboxylic acids is 1. The molecule has 2 rings (SSSR count). The van der Waals surface area contributed by atoms with E-state index in [0.717, 1.165) is 9.21 Å². The van der Waals surface area contributed by atoms with E-state index in [9.17, 15) is 4.79 Å². The number of halogens is 1. The van der Waals surface area contributed by atoms with Gasteiger partial charge in [-0.3, -0.25) is 4.79 Å². The fourth-order valence-electron chi connectivity index (χ4n) is 1.82. The van der Waals surface area contributed by atoms with Gasteiger partial charge < -0.3 is 4.90 Å². The minimum Gasteiger partial charge on any atom is -0.334 e. The van der Waals surface area contributed by atoms with Gasteiger partial charge in [-0.1, -0.05) is 11.6 Å². The molecule has 1 heterocycles. The monoisotopic (exact) mass is 304 g/mol. The van der Waals surface area contributed by atoms with E-state index in [1.807, 2.05) is 25.1 Å². The summed E-state index contributed by atoms with van der Waals surface area (Å²) in [6, 6.07) is 12.5. The van der Waals surface area contributed by atoms with Crippen molar-refractivity contribution in [1.29, 1.82) is 5.26 Å². The summed E-state index contributed by atoms with van der Waals surface area (Å²) >= 11 is 7.38. The summed E-state index contributed by atoms with van der Waals surface area (Å²) in [4.78, 5) is 15.2. The largest absolute Gasteiger partial charge is 0.334 e. The van der Waals surface area contributed by atoms with Gasteiger partial charge in [-0.25, -0.2) is 0 Å². The molecular weight excluding hydrogens is 292 g/mol. The first-order chi connectivity index (χ1) is 9.63. The third-order valence-corrected chi connectivity index (χ3v) is 4.12. The van der Waals surface area contributed by atoms with Crippen LogP contribution in [-0.2, 0) is 6.54 Å². The second kappa shape index (κ2) is 6.56. The maximum Gasteiger partial charge on any atom is 0.254 e. The molecule has 1 amide bonds. The van der Waals surface area contributed by atoms with Crippen LogP contribution in [0.4, 0.5) is 0 Å². The number of thiophene rings is 1. The summed E-state index contributed by atoms with van der Waals surface area (Å²) in [5, 5.41) is 8.76. The molecule has 0 aliphatic rings. The molecule has 0 spiro atoms. The molecule has 0 radical (unpaired) electrons. The SMILES string of the molecule is CCN(Cc1ccc(Cl)s1)C(=O)c1ccc(C#N)cc1. The van der Waals surface area contributed by atoms with Gasteiger partial charge in [0, 0.05) is 17.0 Å². The second-order valence-corrected chi connectivity index (χ2v) is 6.01. The van der Waals surface area contributed by atoms with Gasteiger partial charge in [0.05, 0.1) is 22.5 Å². The van der Waals surface area contributed by atoms with E-state index in [-0.39, 0.29) is 5.91 Å². The van der Waals surface area contributed by atoms with Crippen molar-refractivity contribution in [2.45, 2.75) is 13.5 Å². The van der Waals surface area contributed by atoms with Crippen LogP contribution in [0.1, 0.15) is 27.7 Å². The topological polar surface area (TPSA) is 44.1 Å². The number of hydrogen-bond acceptors (Lipinski definition) is 3. The normalized spacial score (nSPS) is 10.1. The van der Waals surface area contributed by atoms with Crippen LogP contribution in [0.2, 0.25) is 4.34 Å². The van der Waals surface area contributed by atoms with E-state index in [1.165, 1.54) is 11.3 Å². The number of carbonyl (C=O) groups is 1. The first-order valence-corrected chi connectivity index (χ1v) is 7.37. The fourth-order valence-corrected chi connectivity index (χ4v) is 2.93. The standard InChI is InChI=1S/C15H13ClN2OS/c1-2-18(10-13-7-8-14(16)20-13)15(19)12-5-3-11(9-17)4-6-12/h3-8H,2,10H2,1H3. The molecule has 0 aliphatic heterocycles. The third kappa shape index (κ3) is 3.38. The Morgan fingerprint density at radius 3 is 2.50 bits per heavy atom. The first kappa shape index (κ1) is 14.6. The van der Waals surface area contributed by atoms with Crippen LogP contribution >= 0.6 is 22.9 Å². The Labute approximate surface area is 127 Å². The molecule has 0 N–H and O–H groups in total. The Morgan fingerprint density at radius 2 is 2.00 bits per heavy atom. The first-order valence-electron chi connectivity index (χ1n) is 6.17. The van der Waals surface area contributed by atoms with Crippen molar-refractivity contribution in [2.75, 3.05) is 6.54 Å². The Bertz CT molecular complexity index is 643. The van der Waals surface area contributed by atoms with E-state index >= 15 is 0 Å². The molecule has 3 nitrogen and oxygen atoms in total. The van der Waals surface area contributed by atoms with Crippen LogP contribution in [0.3, 0.4) is 0 Å². The lowest BCUT2D eigenvalue weighted by Crippen LogP contribution is -2.29. The number of rotatable bonds is 4. The Kier molecular flexibility index (Phi) is 4.78. The number of amides is 1. The summed E-state index contributed by atoms with van der Waals surface area (Å²) in [5.41, 5.74) is 1.14. The average Bonchev–Trinajstić information content (AvgIpc) is 2.89. The molecule has 0 atom stereocenters. The van der Waals surface area contributed by atoms with Gasteiger partial charge in [-0.05, 0) is 43.3 Å². The molecule has 0 unspecified atom stereocenters. The molecule has 1 aromatic carbocycles. The van der Waals surface area contributed by atoms with Crippen LogP contribution in [-0.4, -0.2) is 17.4 Å². The maximum atomic E-state index is 12.4. The lowest BCUT2D eigenvalue weighted by molar-refractivity contribution is 0.0754. The predicted molar refractivity (Wildman–Crippen MR) is 80.9 cm³/mol.